The molecule has 0 aromatic heterocycles. The normalized spacial score (nSPS) is 11.3. The second-order valence-electron chi connectivity index (χ2n) is 9.40. The van der Waals surface area contributed by atoms with Gasteiger partial charge in [-0.25, -0.2) is 0 Å². The quantitative estimate of drug-likeness (QED) is 0.255. The number of anilines is 1. The Morgan fingerprint density at radius 2 is 1.40 bits per heavy atom. The number of hydrogen-bond acceptors (Lipinski definition) is 5. The molecular formula is C33H34N2O5. The predicted molar refractivity (Wildman–Crippen MR) is 156 cm³/mol. The first kappa shape index (κ1) is 28.2. The molecule has 0 radical (unpaired) electrons. The van der Waals surface area contributed by atoms with Crippen molar-refractivity contribution in [2.24, 2.45) is 0 Å². The van der Waals surface area contributed by atoms with Crippen LogP contribution >= 0.6 is 0 Å². The Morgan fingerprint density at radius 3 is 2.02 bits per heavy atom. The summed E-state index contributed by atoms with van der Waals surface area (Å²) < 4.78 is 16.1. The highest BCUT2D eigenvalue weighted by Crippen LogP contribution is 2.32. The number of benzene rings is 4. The van der Waals surface area contributed by atoms with Crippen LogP contribution in [0.1, 0.15) is 28.3 Å². The molecule has 1 unspecified atom stereocenters. The Bertz CT molecular complexity index is 1420. The molecule has 0 saturated heterocycles. The standard InChI is InChI=1S/C33H34N2O5/c1-23-10-14-26(15-11-23)32(33(37)34-29-19-18-28(39-3)21-30(29)40-4)35(22-25-12-16-27(38-2)17-13-25)31(36)20-24-8-6-5-7-9-24/h5-19,21,32H,20,22H2,1-4H3,(H,34,37). The number of amides is 2. The fourth-order valence-corrected chi connectivity index (χ4v) is 4.45. The zero-order valence-corrected chi connectivity index (χ0v) is 23.2. The molecule has 0 saturated carbocycles. The van der Waals surface area contributed by atoms with Gasteiger partial charge in [0.2, 0.25) is 5.91 Å². The Morgan fingerprint density at radius 1 is 0.750 bits per heavy atom. The zero-order valence-electron chi connectivity index (χ0n) is 23.2. The lowest BCUT2D eigenvalue weighted by Crippen LogP contribution is -2.41. The lowest BCUT2D eigenvalue weighted by Gasteiger charge is -2.32. The van der Waals surface area contributed by atoms with Crippen molar-refractivity contribution >= 4 is 17.5 Å². The summed E-state index contributed by atoms with van der Waals surface area (Å²) in [6.45, 7) is 2.21. The Balaban J connectivity index is 1.75. The van der Waals surface area contributed by atoms with Gasteiger partial charge in [-0.1, -0.05) is 72.3 Å². The van der Waals surface area contributed by atoms with E-state index in [1.54, 1.807) is 37.3 Å². The van der Waals surface area contributed by atoms with Gasteiger partial charge in [-0.3, -0.25) is 9.59 Å². The van der Waals surface area contributed by atoms with Crippen LogP contribution in [0.4, 0.5) is 5.69 Å². The van der Waals surface area contributed by atoms with Crippen molar-refractivity contribution in [3.63, 3.8) is 0 Å². The number of methoxy groups -OCH3 is 3. The molecule has 0 aliphatic rings. The first-order chi connectivity index (χ1) is 19.4. The van der Waals surface area contributed by atoms with Crippen LogP contribution in [0.15, 0.2) is 97.1 Å². The minimum absolute atomic E-state index is 0.151. The molecule has 0 fully saturated rings. The SMILES string of the molecule is COc1ccc(CN(C(=O)Cc2ccccc2)C(C(=O)Nc2ccc(OC)cc2OC)c2ccc(C)cc2)cc1. The predicted octanol–water partition coefficient (Wildman–Crippen LogP) is 5.97. The smallest absolute Gasteiger partial charge is 0.251 e. The van der Waals surface area contributed by atoms with E-state index in [0.717, 1.165) is 16.7 Å². The van der Waals surface area contributed by atoms with Crippen LogP contribution < -0.4 is 19.5 Å². The maximum absolute atomic E-state index is 14.1. The van der Waals surface area contributed by atoms with Gasteiger partial charge in [0.1, 0.15) is 23.3 Å². The fourth-order valence-electron chi connectivity index (χ4n) is 4.45. The van der Waals surface area contributed by atoms with Gasteiger partial charge in [0, 0.05) is 12.6 Å². The third kappa shape index (κ3) is 6.99. The fraction of sp³-hybridized carbons (Fsp3) is 0.212. The first-order valence-corrected chi connectivity index (χ1v) is 13.0. The lowest BCUT2D eigenvalue weighted by atomic mass is 10.00. The van der Waals surface area contributed by atoms with Crippen molar-refractivity contribution in [1.29, 1.82) is 0 Å². The van der Waals surface area contributed by atoms with Crippen molar-refractivity contribution in [3.05, 3.63) is 119 Å². The topological polar surface area (TPSA) is 77.1 Å². The third-order valence-electron chi connectivity index (χ3n) is 6.65. The monoisotopic (exact) mass is 538 g/mol. The molecular weight excluding hydrogens is 504 g/mol. The average molecular weight is 539 g/mol. The summed E-state index contributed by atoms with van der Waals surface area (Å²) in [6, 6.07) is 28.9. The molecule has 7 heteroatoms. The van der Waals surface area contributed by atoms with Gasteiger partial charge in [0.25, 0.3) is 5.91 Å². The lowest BCUT2D eigenvalue weighted by molar-refractivity contribution is -0.139. The number of ether oxygens (including phenoxy) is 3. The number of rotatable bonds is 11. The Hall–Kier alpha value is -4.78. The second-order valence-corrected chi connectivity index (χ2v) is 9.40. The number of aryl methyl sites for hydroxylation is 1. The summed E-state index contributed by atoms with van der Waals surface area (Å²) >= 11 is 0. The molecule has 0 heterocycles. The van der Waals surface area contributed by atoms with Gasteiger partial charge in [-0.15, -0.1) is 0 Å². The van der Waals surface area contributed by atoms with Crippen molar-refractivity contribution in [2.75, 3.05) is 26.6 Å². The molecule has 40 heavy (non-hydrogen) atoms. The number of carbonyl (C=O) groups is 2. The summed E-state index contributed by atoms with van der Waals surface area (Å²) in [6.07, 6.45) is 0.151. The molecule has 4 aromatic carbocycles. The van der Waals surface area contributed by atoms with E-state index in [1.165, 1.54) is 7.11 Å². The van der Waals surface area contributed by atoms with Crippen LogP contribution in [0, 0.1) is 6.92 Å². The summed E-state index contributed by atoms with van der Waals surface area (Å²) in [5.74, 6) is 1.23. The van der Waals surface area contributed by atoms with Gasteiger partial charge < -0.3 is 24.4 Å². The van der Waals surface area contributed by atoms with Crippen LogP contribution in [0.5, 0.6) is 17.2 Å². The molecule has 1 N–H and O–H groups in total. The molecule has 4 aromatic rings. The maximum Gasteiger partial charge on any atom is 0.251 e. The van der Waals surface area contributed by atoms with Crippen molar-refractivity contribution in [1.82, 2.24) is 4.90 Å². The van der Waals surface area contributed by atoms with E-state index in [1.807, 2.05) is 85.8 Å². The van der Waals surface area contributed by atoms with Gasteiger partial charge in [-0.05, 0) is 47.9 Å². The molecule has 0 aliphatic heterocycles. The summed E-state index contributed by atoms with van der Waals surface area (Å²) in [7, 11) is 4.70. The maximum atomic E-state index is 14.1. The van der Waals surface area contributed by atoms with Gasteiger partial charge >= 0.3 is 0 Å². The summed E-state index contributed by atoms with van der Waals surface area (Å²) in [4.78, 5) is 29.7. The van der Waals surface area contributed by atoms with E-state index < -0.39 is 6.04 Å². The van der Waals surface area contributed by atoms with E-state index in [2.05, 4.69) is 5.32 Å². The molecule has 0 bridgehead atoms. The van der Waals surface area contributed by atoms with Gasteiger partial charge in [-0.2, -0.15) is 0 Å². The molecule has 1 atom stereocenters. The molecule has 0 aliphatic carbocycles. The molecule has 2 amide bonds. The Kier molecular flexibility index (Phi) is 9.41. The molecule has 206 valence electrons. The highest BCUT2D eigenvalue weighted by Gasteiger charge is 2.32. The number of carbonyl (C=O) groups excluding carboxylic acids is 2. The minimum atomic E-state index is -0.911. The molecule has 0 spiro atoms. The molecule has 4 rings (SSSR count). The summed E-state index contributed by atoms with van der Waals surface area (Å²) in [5.41, 5.74) is 3.97. The minimum Gasteiger partial charge on any atom is -0.497 e. The highest BCUT2D eigenvalue weighted by atomic mass is 16.5. The van der Waals surface area contributed by atoms with Gasteiger partial charge in [0.15, 0.2) is 0 Å². The van der Waals surface area contributed by atoms with Crippen molar-refractivity contribution < 1.29 is 23.8 Å². The summed E-state index contributed by atoms with van der Waals surface area (Å²) in [5, 5.41) is 3.00. The first-order valence-electron chi connectivity index (χ1n) is 13.0. The van der Waals surface area contributed by atoms with E-state index in [0.29, 0.717) is 28.5 Å². The van der Waals surface area contributed by atoms with E-state index in [-0.39, 0.29) is 24.8 Å². The second kappa shape index (κ2) is 13.3. The Labute approximate surface area is 235 Å². The van der Waals surface area contributed by atoms with E-state index >= 15 is 0 Å². The van der Waals surface area contributed by atoms with Crippen LogP contribution in [-0.4, -0.2) is 38.0 Å². The largest absolute Gasteiger partial charge is 0.497 e. The van der Waals surface area contributed by atoms with E-state index in [4.69, 9.17) is 14.2 Å². The van der Waals surface area contributed by atoms with Crippen molar-refractivity contribution in [3.8, 4) is 17.2 Å². The van der Waals surface area contributed by atoms with Crippen LogP contribution in [0.3, 0.4) is 0 Å². The van der Waals surface area contributed by atoms with Crippen LogP contribution in [0.2, 0.25) is 0 Å². The number of nitrogens with one attached hydrogen (secondary N) is 1. The average Bonchev–Trinajstić information content (AvgIpc) is 2.98. The van der Waals surface area contributed by atoms with Crippen LogP contribution in [-0.2, 0) is 22.6 Å². The zero-order chi connectivity index (χ0) is 28.5. The van der Waals surface area contributed by atoms with Crippen molar-refractivity contribution in [2.45, 2.75) is 25.9 Å². The van der Waals surface area contributed by atoms with E-state index in [9.17, 15) is 9.59 Å². The van der Waals surface area contributed by atoms with Gasteiger partial charge in [0.05, 0.1) is 33.4 Å². The van der Waals surface area contributed by atoms with Crippen LogP contribution in [0.25, 0.3) is 0 Å². The molecule has 7 nitrogen and oxygen atoms in total. The number of hydrogen-bond donors (Lipinski definition) is 1. The number of nitrogens with zero attached hydrogens (tertiary/aromatic N) is 1. The highest BCUT2D eigenvalue weighted by molar-refractivity contribution is 5.99. The third-order valence-corrected chi connectivity index (χ3v) is 6.65.